The van der Waals surface area contributed by atoms with Crippen LogP contribution in [0.3, 0.4) is 0 Å². The number of hydrogen-bond acceptors (Lipinski definition) is 3. The molecule has 0 saturated heterocycles. The summed E-state index contributed by atoms with van der Waals surface area (Å²) >= 11 is 0. The van der Waals surface area contributed by atoms with Crippen LogP contribution < -0.4 is 0 Å². The SMILES string of the molecule is CCN(CC(=O)O)Cc1ccc(F)c2cccnc12. The van der Waals surface area contributed by atoms with Gasteiger partial charge in [-0.2, -0.15) is 0 Å². The zero-order chi connectivity index (χ0) is 13.8. The normalized spacial score (nSPS) is 11.1. The Kier molecular flexibility index (Phi) is 4.06. The van der Waals surface area contributed by atoms with E-state index in [1.54, 1.807) is 29.3 Å². The van der Waals surface area contributed by atoms with Crippen molar-refractivity contribution in [3.63, 3.8) is 0 Å². The van der Waals surface area contributed by atoms with Gasteiger partial charge in [0.2, 0.25) is 0 Å². The van der Waals surface area contributed by atoms with E-state index in [-0.39, 0.29) is 12.4 Å². The van der Waals surface area contributed by atoms with Gasteiger partial charge in [-0.05, 0) is 30.3 Å². The maximum atomic E-state index is 13.6. The number of likely N-dealkylation sites (N-methyl/N-ethyl adjacent to an activating group) is 1. The van der Waals surface area contributed by atoms with Gasteiger partial charge in [-0.1, -0.05) is 13.0 Å². The second-order valence-electron chi connectivity index (χ2n) is 4.30. The van der Waals surface area contributed by atoms with Crippen molar-refractivity contribution in [1.29, 1.82) is 0 Å². The Morgan fingerprint density at radius 1 is 1.42 bits per heavy atom. The molecule has 1 heterocycles. The molecule has 2 aromatic rings. The summed E-state index contributed by atoms with van der Waals surface area (Å²) in [5, 5.41) is 9.30. The number of carbonyl (C=O) groups is 1. The van der Waals surface area contributed by atoms with Crippen LogP contribution in [0.25, 0.3) is 10.9 Å². The molecule has 0 radical (unpaired) electrons. The topological polar surface area (TPSA) is 53.4 Å². The van der Waals surface area contributed by atoms with E-state index in [1.165, 1.54) is 6.07 Å². The number of benzene rings is 1. The van der Waals surface area contributed by atoms with Crippen LogP contribution in [0.15, 0.2) is 30.5 Å². The summed E-state index contributed by atoms with van der Waals surface area (Å²) in [6.07, 6.45) is 1.61. The molecule has 100 valence electrons. The minimum atomic E-state index is -0.874. The van der Waals surface area contributed by atoms with Crippen LogP contribution in [0.1, 0.15) is 12.5 Å². The third kappa shape index (κ3) is 3.06. The van der Waals surface area contributed by atoms with E-state index in [0.29, 0.717) is 24.0 Å². The largest absolute Gasteiger partial charge is 0.480 e. The fourth-order valence-electron chi connectivity index (χ4n) is 2.04. The molecule has 0 saturated carbocycles. The highest BCUT2D eigenvalue weighted by atomic mass is 19.1. The van der Waals surface area contributed by atoms with Crippen molar-refractivity contribution in [1.82, 2.24) is 9.88 Å². The lowest BCUT2D eigenvalue weighted by Gasteiger charge is -2.18. The number of aromatic nitrogens is 1. The number of carboxylic acid groups (broad SMARTS) is 1. The monoisotopic (exact) mass is 262 g/mol. The number of aliphatic carboxylic acids is 1. The van der Waals surface area contributed by atoms with Gasteiger partial charge < -0.3 is 5.11 Å². The first kappa shape index (κ1) is 13.4. The van der Waals surface area contributed by atoms with Gasteiger partial charge in [0, 0.05) is 18.1 Å². The summed E-state index contributed by atoms with van der Waals surface area (Å²) in [5.74, 6) is -1.19. The number of fused-ring (bicyclic) bond motifs is 1. The summed E-state index contributed by atoms with van der Waals surface area (Å²) in [6.45, 7) is 2.90. The van der Waals surface area contributed by atoms with Crippen molar-refractivity contribution < 1.29 is 14.3 Å². The molecule has 0 amide bonds. The van der Waals surface area contributed by atoms with E-state index >= 15 is 0 Å². The second-order valence-corrected chi connectivity index (χ2v) is 4.30. The summed E-state index contributed by atoms with van der Waals surface area (Å²) in [6, 6.07) is 6.42. The van der Waals surface area contributed by atoms with Gasteiger partial charge in [0.05, 0.1) is 12.1 Å². The zero-order valence-electron chi connectivity index (χ0n) is 10.6. The van der Waals surface area contributed by atoms with Crippen molar-refractivity contribution in [2.45, 2.75) is 13.5 Å². The fourth-order valence-corrected chi connectivity index (χ4v) is 2.04. The number of rotatable bonds is 5. The van der Waals surface area contributed by atoms with E-state index < -0.39 is 5.97 Å². The van der Waals surface area contributed by atoms with Gasteiger partial charge in [-0.15, -0.1) is 0 Å². The highest BCUT2D eigenvalue weighted by Gasteiger charge is 2.12. The second kappa shape index (κ2) is 5.75. The molecule has 0 aliphatic heterocycles. The van der Waals surface area contributed by atoms with Crippen LogP contribution in [0.2, 0.25) is 0 Å². The van der Waals surface area contributed by atoms with Crippen molar-refractivity contribution in [2.75, 3.05) is 13.1 Å². The molecule has 0 unspecified atom stereocenters. The number of halogens is 1. The quantitative estimate of drug-likeness (QED) is 0.898. The molecule has 1 aromatic heterocycles. The Balaban J connectivity index is 2.35. The molecule has 2 rings (SSSR count). The zero-order valence-corrected chi connectivity index (χ0v) is 10.6. The third-order valence-electron chi connectivity index (χ3n) is 3.00. The predicted octanol–water partition coefficient (Wildman–Crippen LogP) is 2.28. The van der Waals surface area contributed by atoms with Crippen LogP contribution in [0, 0.1) is 5.82 Å². The minimum Gasteiger partial charge on any atom is -0.480 e. The van der Waals surface area contributed by atoms with Crippen molar-refractivity contribution in [3.8, 4) is 0 Å². The lowest BCUT2D eigenvalue weighted by atomic mass is 10.1. The van der Waals surface area contributed by atoms with Gasteiger partial charge in [0.1, 0.15) is 5.82 Å². The first-order valence-electron chi connectivity index (χ1n) is 6.08. The molecule has 0 bridgehead atoms. The molecule has 5 heteroatoms. The molecule has 0 aliphatic carbocycles. The summed E-state index contributed by atoms with van der Waals surface area (Å²) < 4.78 is 13.6. The molecule has 19 heavy (non-hydrogen) atoms. The van der Waals surface area contributed by atoms with E-state index in [9.17, 15) is 9.18 Å². The Labute approximate surface area is 110 Å². The van der Waals surface area contributed by atoms with Crippen molar-refractivity contribution in [3.05, 3.63) is 41.8 Å². The highest BCUT2D eigenvalue weighted by molar-refractivity contribution is 5.82. The van der Waals surface area contributed by atoms with E-state index in [2.05, 4.69) is 4.98 Å². The minimum absolute atomic E-state index is 0.0395. The Hall–Kier alpha value is -2.01. The maximum absolute atomic E-state index is 13.6. The third-order valence-corrected chi connectivity index (χ3v) is 3.00. The lowest BCUT2D eigenvalue weighted by molar-refractivity contribution is -0.138. The molecule has 1 aromatic carbocycles. The lowest BCUT2D eigenvalue weighted by Crippen LogP contribution is -2.29. The molecule has 0 fully saturated rings. The summed E-state index contributed by atoms with van der Waals surface area (Å²) in [4.78, 5) is 16.7. The van der Waals surface area contributed by atoms with Crippen LogP contribution >= 0.6 is 0 Å². The van der Waals surface area contributed by atoms with Gasteiger partial charge in [-0.25, -0.2) is 4.39 Å². The Morgan fingerprint density at radius 2 is 2.21 bits per heavy atom. The van der Waals surface area contributed by atoms with E-state index in [4.69, 9.17) is 5.11 Å². The first-order valence-corrected chi connectivity index (χ1v) is 6.08. The molecular formula is C14H15FN2O2. The van der Waals surface area contributed by atoms with Gasteiger partial charge in [0.15, 0.2) is 0 Å². The van der Waals surface area contributed by atoms with Crippen LogP contribution in [0.5, 0.6) is 0 Å². The average Bonchev–Trinajstić information content (AvgIpc) is 2.41. The molecule has 4 nitrogen and oxygen atoms in total. The predicted molar refractivity (Wildman–Crippen MR) is 70.3 cm³/mol. The van der Waals surface area contributed by atoms with Crippen molar-refractivity contribution >= 4 is 16.9 Å². The molecule has 1 N–H and O–H groups in total. The standard InChI is InChI=1S/C14H15FN2O2/c1-2-17(9-13(18)19)8-10-5-6-12(15)11-4-3-7-16-14(10)11/h3-7H,2,8-9H2,1H3,(H,18,19). The highest BCUT2D eigenvalue weighted by Crippen LogP contribution is 2.20. The maximum Gasteiger partial charge on any atom is 0.317 e. The van der Waals surface area contributed by atoms with Crippen LogP contribution in [-0.2, 0) is 11.3 Å². The number of pyridine rings is 1. The average molecular weight is 262 g/mol. The first-order chi connectivity index (χ1) is 9.11. The van der Waals surface area contributed by atoms with E-state index in [0.717, 1.165) is 5.56 Å². The van der Waals surface area contributed by atoms with Crippen LogP contribution in [0.4, 0.5) is 4.39 Å². The molecular weight excluding hydrogens is 247 g/mol. The Bertz CT molecular complexity index is 601. The van der Waals surface area contributed by atoms with E-state index in [1.807, 2.05) is 6.92 Å². The molecule has 0 spiro atoms. The fraction of sp³-hybridized carbons (Fsp3) is 0.286. The molecule has 0 aliphatic rings. The number of nitrogens with zero attached hydrogens (tertiary/aromatic N) is 2. The van der Waals surface area contributed by atoms with Crippen LogP contribution in [-0.4, -0.2) is 34.0 Å². The van der Waals surface area contributed by atoms with Gasteiger partial charge in [-0.3, -0.25) is 14.7 Å². The Morgan fingerprint density at radius 3 is 2.89 bits per heavy atom. The van der Waals surface area contributed by atoms with Crippen molar-refractivity contribution in [2.24, 2.45) is 0 Å². The van der Waals surface area contributed by atoms with Gasteiger partial charge in [0.25, 0.3) is 0 Å². The summed E-state index contributed by atoms with van der Waals surface area (Å²) in [5.41, 5.74) is 1.42. The smallest absolute Gasteiger partial charge is 0.317 e. The summed E-state index contributed by atoms with van der Waals surface area (Å²) in [7, 11) is 0. The number of hydrogen-bond donors (Lipinski definition) is 1. The van der Waals surface area contributed by atoms with Gasteiger partial charge >= 0.3 is 5.97 Å². The number of carboxylic acids is 1. The molecule has 0 atom stereocenters.